The number of hydrogen-bond donors (Lipinski definition) is 1. The molecule has 2 aromatic carbocycles. The fraction of sp³-hybridized carbons (Fsp3) is 0.143. The van der Waals surface area contributed by atoms with E-state index in [1.807, 2.05) is 0 Å². The van der Waals surface area contributed by atoms with Gasteiger partial charge in [0.2, 0.25) is 5.91 Å². The number of rotatable bonds is 4. The Bertz CT molecular complexity index is 1330. The monoisotopic (exact) mass is 409 g/mol. The molecule has 0 saturated carbocycles. The second-order valence-corrected chi connectivity index (χ2v) is 6.87. The number of aryl methyl sites for hydroxylation is 2. The molecule has 0 fully saturated rings. The molecular weight excluding hydrogens is 392 g/mol. The van der Waals surface area contributed by atoms with E-state index in [0.29, 0.717) is 34.0 Å². The lowest BCUT2D eigenvalue weighted by Gasteiger charge is -2.08. The molecule has 2 aromatic heterocycles. The Hall–Kier alpha value is -3.88. The Labute approximate surface area is 169 Å². The van der Waals surface area contributed by atoms with Gasteiger partial charge in [0.25, 0.3) is 0 Å². The maximum absolute atomic E-state index is 13.3. The van der Waals surface area contributed by atoms with Crippen LogP contribution in [0.5, 0.6) is 0 Å². The lowest BCUT2D eigenvalue weighted by atomic mass is 10.2. The smallest absolute Gasteiger partial charge is 0.324 e. The van der Waals surface area contributed by atoms with Crippen LogP contribution in [-0.4, -0.2) is 25.1 Å². The van der Waals surface area contributed by atoms with Crippen LogP contribution < -0.4 is 11.0 Å². The maximum atomic E-state index is 13.3. The normalized spacial score (nSPS) is 11.1. The van der Waals surface area contributed by atoms with Gasteiger partial charge in [-0.1, -0.05) is 0 Å². The lowest BCUT2D eigenvalue weighted by molar-refractivity contribution is -0.117. The second-order valence-electron chi connectivity index (χ2n) is 6.87. The Morgan fingerprint density at radius 1 is 1.03 bits per heavy atom. The Kier molecular flexibility index (Phi) is 4.86. The van der Waals surface area contributed by atoms with Crippen molar-refractivity contribution in [3.8, 4) is 11.4 Å². The van der Waals surface area contributed by atoms with Gasteiger partial charge in [-0.2, -0.15) is 0 Å². The fourth-order valence-corrected chi connectivity index (χ4v) is 3.14. The topological polar surface area (TPSA) is 81.3 Å². The average molecular weight is 409 g/mol. The number of carbonyl (C=O) groups excluding carboxylic acids is 1. The number of aromatic nitrogens is 4. The van der Waals surface area contributed by atoms with Crippen LogP contribution in [0.3, 0.4) is 0 Å². The first-order chi connectivity index (χ1) is 14.3. The second kappa shape index (κ2) is 7.51. The minimum Gasteiger partial charge on any atom is -0.324 e. The Balaban J connectivity index is 1.69. The van der Waals surface area contributed by atoms with E-state index in [-0.39, 0.29) is 6.54 Å². The highest BCUT2D eigenvalue weighted by Gasteiger charge is 2.16. The van der Waals surface area contributed by atoms with Gasteiger partial charge in [-0.05, 0) is 61.9 Å². The van der Waals surface area contributed by atoms with Crippen LogP contribution in [0.25, 0.3) is 17.0 Å². The third-order valence-electron chi connectivity index (χ3n) is 4.55. The lowest BCUT2D eigenvalue weighted by Crippen LogP contribution is -2.29. The number of halogens is 2. The van der Waals surface area contributed by atoms with E-state index >= 15 is 0 Å². The number of fused-ring (bicyclic) bond motifs is 1. The van der Waals surface area contributed by atoms with Gasteiger partial charge in [-0.15, -0.1) is 5.10 Å². The van der Waals surface area contributed by atoms with Crippen molar-refractivity contribution in [2.45, 2.75) is 20.4 Å². The first kappa shape index (κ1) is 19.4. The molecule has 0 aliphatic heterocycles. The van der Waals surface area contributed by atoms with Crippen LogP contribution in [0, 0.1) is 25.5 Å². The van der Waals surface area contributed by atoms with Gasteiger partial charge in [0.1, 0.15) is 24.0 Å². The van der Waals surface area contributed by atoms with Crippen molar-refractivity contribution in [2.75, 3.05) is 5.32 Å². The van der Waals surface area contributed by atoms with Gasteiger partial charge in [-0.3, -0.25) is 4.79 Å². The largest absolute Gasteiger partial charge is 0.352 e. The molecule has 4 rings (SSSR count). The van der Waals surface area contributed by atoms with Crippen LogP contribution in [0.4, 0.5) is 14.5 Å². The van der Waals surface area contributed by atoms with Crippen molar-refractivity contribution < 1.29 is 13.6 Å². The zero-order valence-electron chi connectivity index (χ0n) is 16.2. The fourth-order valence-electron chi connectivity index (χ4n) is 3.14. The summed E-state index contributed by atoms with van der Waals surface area (Å²) >= 11 is 0. The minimum atomic E-state index is -0.553. The molecule has 0 atom stereocenters. The van der Waals surface area contributed by atoms with E-state index in [1.165, 1.54) is 46.9 Å². The van der Waals surface area contributed by atoms with Crippen LogP contribution in [0.1, 0.15) is 11.3 Å². The van der Waals surface area contributed by atoms with E-state index in [9.17, 15) is 18.4 Å². The third kappa shape index (κ3) is 3.69. The molecule has 0 aliphatic carbocycles. The molecule has 1 amide bonds. The highest BCUT2D eigenvalue weighted by Crippen LogP contribution is 2.19. The number of nitrogens with zero attached hydrogens (tertiary/aromatic N) is 4. The van der Waals surface area contributed by atoms with Crippen molar-refractivity contribution in [1.82, 2.24) is 19.2 Å². The van der Waals surface area contributed by atoms with Gasteiger partial charge in [-0.25, -0.2) is 27.6 Å². The maximum Gasteiger partial charge on any atom is 0.352 e. The van der Waals surface area contributed by atoms with Crippen molar-refractivity contribution in [3.05, 3.63) is 81.9 Å². The standard InChI is InChI=1S/C21H17F2N5O2/c1-12-9-16(23)7-8-17(12)25-19(29)11-27-21(30)28-18(26-27)10-13(2)24-20(28)14-3-5-15(22)6-4-14/h3-10H,11H2,1-2H3,(H,25,29). The van der Waals surface area contributed by atoms with E-state index in [2.05, 4.69) is 15.4 Å². The molecule has 0 spiro atoms. The first-order valence-electron chi connectivity index (χ1n) is 9.11. The van der Waals surface area contributed by atoms with Gasteiger partial charge in [0, 0.05) is 23.0 Å². The summed E-state index contributed by atoms with van der Waals surface area (Å²) in [6.07, 6.45) is 0. The number of amides is 1. The molecule has 0 radical (unpaired) electrons. The highest BCUT2D eigenvalue weighted by molar-refractivity contribution is 5.91. The third-order valence-corrected chi connectivity index (χ3v) is 4.55. The van der Waals surface area contributed by atoms with Crippen molar-refractivity contribution in [3.63, 3.8) is 0 Å². The molecular formula is C21H17F2N5O2. The summed E-state index contributed by atoms with van der Waals surface area (Å²) in [5.74, 6) is -0.990. The van der Waals surface area contributed by atoms with E-state index < -0.39 is 23.2 Å². The molecule has 2 heterocycles. The molecule has 152 valence electrons. The van der Waals surface area contributed by atoms with Gasteiger partial charge in [0.05, 0.1) is 0 Å². The summed E-state index contributed by atoms with van der Waals surface area (Å²) in [4.78, 5) is 29.7. The number of hydrogen-bond acceptors (Lipinski definition) is 4. The molecule has 1 N–H and O–H groups in total. The summed E-state index contributed by atoms with van der Waals surface area (Å²) in [5, 5.41) is 6.88. The van der Waals surface area contributed by atoms with Crippen molar-refractivity contribution in [1.29, 1.82) is 0 Å². The molecule has 7 nitrogen and oxygen atoms in total. The molecule has 0 bridgehead atoms. The highest BCUT2D eigenvalue weighted by atomic mass is 19.1. The molecule has 0 unspecified atom stereocenters. The molecule has 30 heavy (non-hydrogen) atoms. The SMILES string of the molecule is Cc1cc2nn(CC(=O)Nc3ccc(F)cc3C)c(=O)n2c(-c2ccc(F)cc2)n1. The van der Waals surface area contributed by atoms with Crippen LogP contribution in [0.15, 0.2) is 53.3 Å². The quantitative estimate of drug-likeness (QED) is 0.562. The Morgan fingerprint density at radius 3 is 2.43 bits per heavy atom. The zero-order valence-corrected chi connectivity index (χ0v) is 16.2. The predicted octanol–water partition coefficient (Wildman–Crippen LogP) is 3.09. The molecule has 9 heteroatoms. The average Bonchev–Trinajstić information content (AvgIpc) is 2.99. The molecule has 0 saturated heterocycles. The first-order valence-corrected chi connectivity index (χ1v) is 9.11. The van der Waals surface area contributed by atoms with Crippen molar-refractivity contribution in [2.24, 2.45) is 0 Å². The summed E-state index contributed by atoms with van der Waals surface area (Å²) < 4.78 is 28.8. The van der Waals surface area contributed by atoms with E-state index in [1.54, 1.807) is 19.9 Å². The number of benzene rings is 2. The predicted molar refractivity (Wildman–Crippen MR) is 107 cm³/mol. The summed E-state index contributed by atoms with van der Waals surface area (Å²) in [6, 6.07) is 11.2. The zero-order chi connectivity index (χ0) is 21.4. The summed E-state index contributed by atoms with van der Waals surface area (Å²) in [7, 11) is 0. The van der Waals surface area contributed by atoms with E-state index in [4.69, 9.17) is 0 Å². The van der Waals surface area contributed by atoms with Crippen LogP contribution >= 0.6 is 0 Å². The number of nitrogens with one attached hydrogen (secondary N) is 1. The van der Waals surface area contributed by atoms with Gasteiger partial charge in [0.15, 0.2) is 5.65 Å². The van der Waals surface area contributed by atoms with E-state index in [0.717, 1.165) is 4.68 Å². The Morgan fingerprint density at radius 2 is 1.73 bits per heavy atom. The minimum absolute atomic E-state index is 0.302. The van der Waals surface area contributed by atoms with Crippen LogP contribution in [0.2, 0.25) is 0 Å². The number of carbonyl (C=O) groups is 1. The summed E-state index contributed by atoms with van der Waals surface area (Å²) in [5.41, 5.74) is 1.93. The van der Waals surface area contributed by atoms with Crippen LogP contribution in [-0.2, 0) is 11.3 Å². The molecule has 4 aromatic rings. The molecule has 0 aliphatic rings. The number of anilines is 1. The van der Waals surface area contributed by atoms with Crippen molar-refractivity contribution >= 4 is 17.2 Å². The summed E-state index contributed by atoms with van der Waals surface area (Å²) in [6.45, 7) is 3.08. The van der Waals surface area contributed by atoms with Gasteiger partial charge < -0.3 is 5.32 Å². The van der Waals surface area contributed by atoms with Gasteiger partial charge >= 0.3 is 5.69 Å².